The summed E-state index contributed by atoms with van der Waals surface area (Å²) >= 11 is 5.82. The minimum atomic E-state index is -0.558. The second-order valence-corrected chi connectivity index (χ2v) is 9.59. The van der Waals surface area contributed by atoms with Crippen molar-refractivity contribution in [1.82, 2.24) is 30.2 Å². The van der Waals surface area contributed by atoms with Crippen LogP contribution in [0.15, 0.2) is 55.4 Å². The highest BCUT2D eigenvalue weighted by atomic mass is 35.5. The standard InChI is InChI=1S/C28H24ClFN6O4/c1-3-10-40-27(39)18-5-6-19-17(15(18)2)7-9-22(19)34-26(38)24-12-23(35-28-32-14-33-36(24)28)25(37)31-13-16-4-8-21(30)20(29)11-16/h3-6,8,11-12,14,22H,1,7,9-10,13H2,2H3,(H,31,37)(H,34,38)/t22-/m0/s1. The van der Waals surface area contributed by atoms with E-state index in [1.807, 2.05) is 13.0 Å². The third-order valence-corrected chi connectivity index (χ3v) is 6.99. The van der Waals surface area contributed by atoms with Crippen molar-refractivity contribution in [3.63, 3.8) is 0 Å². The van der Waals surface area contributed by atoms with Gasteiger partial charge in [-0.1, -0.05) is 36.4 Å². The van der Waals surface area contributed by atoms with Gasteiger partial charge in [0.1, 0.15) is 30.1 Å². The Bertz CT molecular complexity index is 1670. The zero-order valence-corrected chi connectivity index (χ0v) is 22.2. The molecule has 0 unspecified atom stereocenters. The Morgan fingerprint density at radius 3 is 2.83 bits per heavy atom. The van der Waals surface area contributed by atoms with Crippen LogP contribution in [0, 0.1) is 12.7 Å². The van der Waals surface area contributed by atoms with Crippen molar-refractivity contribution in [2.45, 2.75) is 32.4 Å². The van der Waals surface area contributed by atoms with Gasteiger partial charge in [0.2, 0.25) is 0 Å². The quantitative estimate of drug-likeness (QED) is 0.246. The first-order chi connectivity index (χ1) is 19.3. The van der Waals surface area contributed by atoms with Crippen molar-refractivity contribution in [3.8, 4) is 0 Å². The van der Waals surface area contributed by atoms with Crippen LogP contribution in [0.2, 0.25) is 5.02 Å². The van der Waals surface area contributed by atoms with Crippen LogP contribution < -0.4 is 10.6 Å². The van der Waals surface area contributed by atoms with Gasteiger partial charge >= 0.3 is 5.97 Å². The number of nitrogens with one attached hydrogen (secondary N) is 2. The van der Waals surface area contributed by atoms with Gasteiger partial charge < -0.3 is 15.4 Å². The Morgan fingerprint density at radius 2 is 2.05 bits per heavy atom. The molecule has 10 nitrogen and oxygen atoms in total. The van der Waals surface area contributed by atoms with Crippen LogP contribution in [-0.2, 0) is 17.7 Å². The lowest BCUT2D eigenvalue weighted by Crippen LogP contribution is -2.30. The van der Waals surface area contributed by atoms with Crippen LogP contribution in [0.5, 0.6) is 0 Å². The molecule has 4 aromatic rings. The van der Waals surface area contributed by atoms with Crippen molar-refractivity contribution in [2.24, 2.45) is 0 Å². The van der Waals surface area contributed by atoms with E-state index in [-0.39, 0.29) is 41.4 Å². The molecule has 0 saturated carbocycles. The van der Waals surface area contributed by atoms with E-state index in [4.69, 9.17) is 16.3 Å². The van der Waals surface area contributed by atoms with E-state index in [1.54, 1.807) is 6.07 Å². The summed E-state index contributed by atoms with van der Waals surface area (Å²) < 4.78 is 19.9. The predicted molar refractivity (Wildman–Crippen MR) is 144 cm³/mol. The molecule has 12 heteroatoms. The number of carbonyl (C=O) groups is 3. The largest absolute Gasteiger partial charge is 0.458 e. The lowest BCUT2D eigenvalue weighted by Gasteiger charge is -2.16. The molecule has 2 aromatic heterocycles. The maximum Gasteiger partial charge on any atom is 0.338 e. The maximum atomic E-state index is 13.4. The molecule has 0 spiro atoms. The van der Waals surface area contributed by atoms with E-state index >= 15 is 0 Å². The number of halogens is 2. The average molecular weight is 563 g/mol. The predicted octanol–water partition coefficient (Wildman–Crippen LogP) is 3.92. The van der Waals surface area contributed by atoms with Crippen molar-refractivity contribution < 1.29 is 23.5 Å². The second-order valence-electron chi connectivity index (χ2n) is 9.19. The summed E-state index contributed by atoms with van der Waals surface area (Å²) in [5.41, 5.74) is 3.81. The third kappa shape index (κ3) is 5.28. The number of hydrogen-bond donors (Lipinski definition) is 2. The molecule has 0 fully saturated rings. The SMILES string of the molecule is C=CCOC(=O)c1ccc2c(c1C)CC[C@@H]2NC(=O)c1cc(C(=O)NCc2ccc(F)c(Cl)c2)nc2ncnn12. The normalized spacial score (nSPS) is 14.0. The summed E-state index contributed by atoms with van der Waals surface area (Å²) in [6, 6.07) is 8.68. The van der Waals surface area contributed by atoms with E-state index in [0.29, 0.717) is 24.0 Å². The Hall–Kier alpha value is -4.64. The number of carbonyl (C=O) groups excluding carboxylic acids is 3. The highest BCUT2D eigenvalue weighted by Gasteiger charge is 2.29. The van der Waals surface area contributed by atoms with Crippen molar-refractivity contribution in [3.05, 3.63) is 105 Å². The fraction of sp³-hybridized carbons (Fsp3) is 0.214. The number of nitrogens with zero attached hydrogens (tertiary/aromatic N) is 4. The number of hydrogen-bond acceptors (Lipinski definition) is 7. The molecule has 204 valence electrons. The maximum absolute atomic E-state index is 13.4. The highest BCUT2D eigenvalue weighted by Crippen LogP contribution is 2.35. The molecule has 2 aromatic carbocycles. The van der Waals surface area contributed by atoms with E-state index in [0.717, 1.165) is 16.7 Å². The van der Waals surface area contributed by atoms with Gasteiger partial charge in [-0.25, -0.2) is 14.2 Å². The lowest BCUT2D eigenvalue weighted by atomic mass is 9.98. The van der Waals surface area contributed by atoms with Crippen LogP contribution in [0.4, 0.5) is 4.39 Å². The van der Waals surface area contributed by atoms with E-state index in [9.17, 15) is 18.8 Å². The van der Waals surface area contributed by atoms with Gasteiger partial charge in [0.05, 0.1) is 16.6 Å². The number of fused-ring (bicyclic) bond motifs is 2. The fourth-order valence-electron chi connectivity index (χ4n) is 4.71. The molecule has 0 radical (unpaired) electrons. The van der Waals surface area contributed by atoms with Gasteiger partial charge in [0.25, 0.3) is 17.6 Å². The van der Waals surface area contributed by atoms with Gasteiger partial charge in [-0.3, -0.25) is 9.59 Å². The Labute approximate surface area is 233 Å². The average Bonchev–Trinajstić information content (AvgIpc) is 3.59. The molecule has 0 bridgehead atoms. The van der Waals surface area contributed by atoms with Gasteiger partial charge in [0, 0.05) is 12.6 Å². The molecule has 2 N–H and O–H groups in total. The number of aromatic nitrogens is 4. The number of benzene rings is 2. The topological polar surface area (TPSA) is 128 Å². The summed E-state index contributed by atoms with van der Waals surface area (Å²) in [4.78, 5) is 47.0. The monoisotopic (exact) mass is 562 g/mol. The zero-order valence-electron chi connectivity index (χ0n) is 21.4. The fourth-order valence-corrected chi connectivity index (χ4v) is 4.91. The second kappa shape index (κ2) is 11.2. The Kier molecular flexibility index (Phi) is 7.56. The van der Waals surface area contributed by atoms with E-state index < -0.39 is 23.6 Å². The summed E-state index contributed by atoms with van der Waals surface area (Å²) in [5, 5.41) is 9.73. The van der Waals surface area contributed by atoms with Crippen LogP contribution >= 0.6 is 11.6 Å². The smallest absolute Gasteiger partial charge is 0.338 e. The summed E-state index contributed by atoms with van der Waals surface area (Å²) in [6.07, 6.45) is 4.05. The van der Waals surface area contributed by atoms with Crippen LogP contribution in [0.25, 0.3) is 5.78 Å². The molecular weight excluding hydrogens is 539 g/mol. The summed E-state index contributed by atoms with van der Waals surface area (Å²) in [5.74, 6) is -1.93. The molecule has 0 aliphatic heterocycles. The number of esters is 1. The number of rotatable bonds is 8. The molecule has 40 heavy (non-hydrogen) atoms. The van der Waals surface area contributed by atoms with Gasteiger partial charge in [0.15, 0.2) is 0 Å². The molecule has 1 aliphatic rings. The molecule has 5 rings (SSSR count). The highest BCUT2D eigenvalue weighted by molar-refractivity contribution is 6.30. The lowest BCUT2D eigenvalue weighted by molar-refractivity contribution is 0.0548. The Morgan fingerprint density at radius 1 is 1.23 bits per heavy atom. The summed E-state index contributed by atoms with van der Waals surface area (Å²) in [6.45, 7) is 5.61. The molecule has 2 amide bonds. The molecule has 1 aliphatic carbocycles. The molecule has 0 saturated heterocycles. The Balaban J connectivity index is 1.35. The van der Waals surface area contributed by atoms with Crippen molar-refractivity contribution >= 4 is 35.2 Å². The van der Waals surface area contributed by atoms with Gasteiger partial charge in [-0.15, -0.1) is 0 Å². The number of ether oxygens (including phenoxy) is 1. The summed E-state index contributed by atoms with van der Waals surface area (Å²) in [7, 11) is 0. The molecule has 2 heterocycles. The minimum Gasteiger partial charge on any atom is -0.458 e. The van der Waals surface area contributed by atoms with E-state index in [1.165, 1.54) is 41.2 Å². The van der Waals surface area contributed by atoms with Gasteiger partial charge in [-0.2, -0.15) is 14.6 Å². The number of amides is 2. The van der Waals surface area contributed by atoms with Crippen molar-refractivity contribution in [1.29, 1.82) is 0 Å². The van der Waals surface area contributed by atoms with Gasteiger partial charge in [-0.05, 0) is 60.2 Å². The minimum absolute atomic E-state index is 0.0378. The first-order valence-electron chi connectivity index (χ1n) is 12.4. The zero-order chi connectivity index (χ0) is 28.4. The third-order valence-electron chi connectivity index (χ3n) is 6.70. The van der Waals surface area contributed by atoms with Crippen LogP contribution in [0.3, 0.4) is 0 Å². The van der Waals surface area contributed by atoms with Crippen molar-refractivity contribution in [2.75, 3.05) is 6.61 Å². The van der Waals surface area contributed by atoms with Crippen LogP contribution in [-0.4, -0.2) is 44.0 Å². The molecular formula is C28H24ClFN6O4. The van der Waals surface area contributed by atoms with E-state index in [2.05, 4.69) is 32.3 Å². The first kappa shape index (κ1) is 26.9. The first-order valence-corrected chi connectivity index (χ1v) is 12.8. The molecule has 1 atom stereocenters. The van der Waals surface area contributed by atoms with Crippen LogP contribution in [0.1, 0.15) is 66.1 Å².